The van der Waals surface area contributed by atoms with E-state index >= 15 is 0 Å². The molecule has 153 valence electrons. The molecule has 1 aromatic heterocycles. The number of rotatable bonds is 5. The van der Waals surface area contributed by atoms with Gasteiger partial charge in [0.05, 0.1) is 11.4 Å². The fourth-order valence-electron chi connectivity index (χ4n) is 2.91. The summed E-state index contributed by atoms with van der Waals surface area (Å²) in [4.78, 5) is 13.8. The third-order valence-corrected chi connectivity index (χ3v) is 4.34. The molecule has 1 heterocycles. The Balaban J connectivity index is 0.000000941. The Morgan fingerprint density at radius 1 is 0.828 bits per heavy atom. The Kier molecular flexibility index (Phi) is 9.69. The maximum absolute atomic E-state index is 4.76. The second-order valence-electron chi connectivity index (χ2n) is 6.82. The van der Waals surface area contributed by atoms with Crippen LogP contribution < -0.4 is 4.98 Å². The van der Waals surface area contributed by atoms with E-state index in [1.165, 1.54) is 16.7 Å². The van der Waals surface area contributed by atoms with Gasteiger partial charge < -0.3 is 4.98 Å². The average molecular weight is 469 g/mol. The number of benzene rings is 2. The van der Waals surface area contributed by atoms with Crippen molar-refractivity contribution in [2.45, 2.75) is 33.6 Å². The van der Waals surface area contributed by atoms with E-state index in [9.17, 15) is 0 Å². The number of hydrogen-bond acceptors (Lipinski definition) is 2. The van der Waals surface area contributed by atoms with Gasteiger partial charge in [-0.05, 0) is 42.5 Å². The summed E-state index contributed by atoms with van der Waals surface area (Å²) in [5.74, 6) is 0.441. The number of nitrogens with zero attached hydrogens (tertiary/aromatic N) is 3. The van der Waals surface area contributed by atoms with Crippen molar-refractivity contribution in [2.75, 3.05) is 0 Å². The van der Waals surface area contributed by atoms with Crippen LogP contribution in [0.5, 0.6) is 0 Å². The Bertz CT molecular complexity index is 958. The molecule has 0 aliphatic rings. The first kappa shape index (κ1) is 23.4. The second kappa shape index (κ2) is 12.0. The fraction of sp³-hybridized carbons (Fsp3) is 0.217. The topological polar surface area (TPSA) is 38.8 Å². The van der Waals surface area contributed by atoms with Crippen LogP contribution in [0.3, 0.4) is 0 Å². The molecule has 3 aromatic rings. The van der Waals surface area contributed by atoms with Crippen LogP contribution in [-0.4, -0.2) is 12.4 Å². The van der Waals surface area contributed by atoms with Gasteiger partial charge in [0, 0.05) is 12.4 Å². The third-order valence-electron chi connectivity index (χ3n) is 4.34. The van der Waals surface area contributed by atoms with E-state index in [4.69, 9.17) is 20.2 Å². The molecule has 0 bridgehead atoms. The van der Waals surface area contributed by atoms with E-state index in [0.29, 0.717) is 5.92 Å². The molecule has 0 radical (unpaired) electrons. The molecule has 0 atom stereocenters. The van der Waals surface area contributed by atoms with Crippen molar-refractivity contribution in [3.63, 3.8) is 0 Å². The van der Waals surface area contributed by atoms with E-state index in [-0.39, 0.29) is 13.1 Å². The van der Waals surface area contributed by atoms with Gasteiger partial charge in [-0.2, -0.15) is 0 Å². The molecule has 0 fully saturated rings. The van der Waals surface area contributed by atoms with Gasteiger partial charge >= 0.3 is 33.3 Å². The summed E-state index contributed by atoms with van der Waals surface area (Å²) in [5.41, 5.74) is 7.26. The molecule has 0 unspecified atom stereocenters. The molecular weight excluding hydrogens is 445 g/mol. The van der Waals surface area contributed by atoms with Gasteiger partial charge in [0.1, 0.15) is 0 Å². The van der Waals surface area contributed by atoms with Gasteiger partial charge in [-0.25, -0.2) is 0 Å². The molecule has 0 amide bonds. The van der Waals surface area contributed by atoms with E-state index in [1.54, 1.807) is 0 Å². The van der Waals surface area contributed by atoms with Crippen molar-refractivity contribution < 1.29 is 13.1 Å². The number of para-hydroxylation sites is 2. The van der Waals surface area contributed by atoms with Crippen LogP contribution in [0.4, 0.5) is 11.4 Å². The quantitative estimate of drug-likeness (QED) is 0.286. The predicted octanol–water partition coefficient (Wildman–Crippen LogP) is 7.26. The van der Waals surface area contributed by atoms with Crippen LogP contribution in [0.1, 0.15) is 47.8 Å². The molecule has 0 saturated carbocycles. The Morgan fingerprint density at radius 2 is 1.38 bits per heavy atom. The molecule has 0 N–H and O–H groups in total. The summed E-state index contributed by atoms with van der Waals surface area (Å²) < 4.78 is 0. The summed E-state index contributed by atoms with van der Waals surface area (Å²) >= 11 is 0.194. The first-order valence-electron chi connectivity index (χ1n) is 9.18. The van der Waals surface area contributed by atoms with Crippen molar-refractivity contribution in [1.82, 2.24) is 4.98 Å². The minimum atomic E-state index is 0.194. The van der Waals surface area contributed by atoms with Crippen LogP contribution in [0.15, 0.2) is 64.6 Å². The summed E-state index contributed by atoms with van der Waals surface area (Å²) in [6.45, 7) is 8.50. The van der Waals surface area contributed by atoms with E-state index in [0.717, 1.165) is 22.8 Å². The van der Waals surface area contributed by atoms with Crippen molar-refractivity contribution in [1.29, 1.82) is 0 Å². The van der Waals surface area contributed by atoms with Gasteiger partial charge in [0.15, 0.2) is 0 Å². The molecule has 2 aromatic carbocycles. The van der Waals surface area contributed by atoms with Crippen LogP contribution in [0.25, 0.3) is 0 Å². The third kappa shape index (κ3) is 7.17. The van der Waals surface area contributed by atoms with E-state index in [1.807, 2.05) is 42.8 Å². The Hall–Kier alpha value is -1.84. The van der Waals surface area contributed by atoms with Crippen LogP contribution in [-0.2, 0) is 13.1 Å². The van der Waals surface area contributed by atoms with E-state index < -0.39 is 0 Å². The molecule has 29 heavy (non-hydrogen) atoms. The zero-order chi connectivity index (χ0) is 21.2. The molecule has 3 nitrogen and oxygen atoms in total. The normalized spacial score (nSPS) is 11.3. The number of aryl methyl sites for hydroxylation is 2. The summed E-state index contributed by atoms with van der Waals surface area (Å²) in [7, 11) is 9.53. The molecule has 0 spiro atoms. The van der Waals surface area contributed by atoms with Crippen molar-refractivity contribution in [3.05, 3.63) is 82.7 Å². The monoisotopic (exact) mass is 468 g/mol. The van der Waals surface area contributed by atoms with Crippen molar-refractivity contribution >= 4 is 44.0 Å². The molecule has 6 heteroatoms. The van der Waals surface area contributed by atoms with Crippen molar-refractivity contribution in [2.24, 2.45) is 9.98 Å². The average Bonchev–Trinajstić information content (AvgIpc) is 3.14. The maximum atomic E-state index is 4.76. The first-order valence-corrected chi connectivity index (χ1v) is 12.2. The van der Waals surface area contributed by atoms with Gasteiger partial charge in [-0.1, -0.05) is 62.4 Å². The molecule has 0 aliphatic carbocycles. The number of aromatic nitrogens is 1. The van der Waals surface area contributed by atoms with Gasteiger partial charge in [-0.15, -0.1) is 11.4 Å². The van der Waals surface area contributed by atoms with Crippen LogP contribution in [0.2, 0.25) is 0 Å². The fourth-order valence-corrected chi connectivity index (χ4v) is 2.91. The van der Waals surface area contributed by atoms with E-state index in [2.05, 4.69) is 66.9 Å². The van der Waals surface area contributed by atoms with Gasteiger partial charge in [-0.3, -0.25) is 9.98 Å². The summed E-state index contributed by atoms with van der Waals surface area (Å²) in [6, 6.07) is 18.4. The number of aliphatic imine (C=N–C) groups is 2. The zero-order valence-corrected chi connectivity index (χ0v) is 19.5. The number of hydrogen-bond donors (Lipinski definition) is 0. The summed E-state index contributed by atoms with van der Waals surface area (Å²) in [5, 5.41) is 0. The molecule has 0 aliphatic heterocycles. The standard InChI is InChI=1S/C23H24N3.2ClH.Fe/c1-16(2)21-10-5-6-11-22(21)24-14-19-12-13-20(26-19)15-25-23-17(3)8-7-9-18(23)4;;;/h5-16H,1-4H3;2*1H;/q-1;;;+3/p-2. The van der Waals surface area contributed by atoms with Crippen LogP contribution in [0, 0.1) is 13.8 Å². The van der Waals surface area contributed by atoms with Gasteiger partial charge in [0.25, 0.3) is 0 Å². The summed E-state index contributed by atoms with van der Waals surface area (Å²) in [6.07, 6.45) is 3.63. The molecular formula is C23H24Cl2FeN3. The zero-order valence-electron chi connectivity index (χ0n) is 16.9. The van der Waals surface area contributed by atoms with Gasteiger partial charge in [0.2, 0.25) is 0 Å². The first-order chi connectivity index (χ1) is 14.0. The SMILES string of the molecule is Cc1cccc(C)c1N=Cc1ccc(C=Nc2ccccc2C(C)C)[n-]1.[Cl][Fe+][Cl]. The minimum absolute atomic E-state index is 0.194. The van der Waals surface area contributed by atoms with Crippen LogP contribution >= 0.6 is 20.2 Å². The predicted molar refractivity (Wildman–Crippen MR) is 122 cm³/mol. The van der Waals surface area contributed by atoms with Crippen molar-refractivity contribution in [3.8, 4) is 0 Å². The molecule has 0 saturated heterocycles. The Labute approximate surface area is 187 Å². The molecule has 3 rings (SSSR count). The second-order valence-corrected chi connectivity index (χ2v) is 8.64. The number of halogens is 2. The Morgan fingerprint density at radius 3 is 1.97 bits per heavy atom.